The Labute approximate surface area is 88.5 Å². The van der Waals surface area contributed by atoms with Crippen molar-refractivity contribution in [1.82, 2.24) is 10.2 Å². The molecule has 1 aromatic rings. The minimum absolute atomic E-state index is 0.0303. The first kappa shape index (κ1) is 11.4. The highest BCUT2D eigenvalue weighted by Gasteiger charge is 2.21. The highest BCUT2D eigenvalue weighted by molar-refractivity contribution is 5.69. The van der Waals surface area contributed by atoms with E-state index in [1.54, 1.807) is 6.07 Å². The molecule has 0 amide bonds. The zero-order valence-electron chi connectivity index (χ0n) is 9.11. The Morgan fingerprint density at radius 1 is 1.47 bits per heavy atom. The van der Waals surface area contributed by atoms with Gasteiger partial charge < -0.3 is 10.4 Å². The Kier molecular flexibility index (Phi) is 3.24. The van der Waals surface area contributed by atoms with Crippen LogP contribution < -0.4 is 5.32 Å². The van der Waals surface area contributed by atoms with Crippen molar-refractivity contribution in [1.29, 1.82) is 0 Å². The number of hydrogen-bond donors (Lipinski definition) is 2. The molecule has 1 rings (SSSR count). The number of rotatable bonds is 4. The van der Waals surface area contributed by atoms with E-state index in [4.69, 9.17) is 5.11 Å². The summed E-state index contributed by atoms with van der Waals surface area (Å²) in [6, 6.07) is 3.61. The number of carboxylic acid groups (broad SMARTS) is 1. The van der Waals surface area contributed by atoms with Crippen LogP contribution in [0.2, 0.25) is 0 Å². The summed E-state index contributed by atoms with van der Waals surface area (Å²) in [6.07, 6.45) is 0.0303. The first-order valence-electron chi connectivity index (χ1n) is 4.69. The van der Waals surface area contributed by atoms with E-state index >= 15 is 0 Å². The Balaban J connectivity index is 2.68. The van der Waals surface area contributed by atoms with E-state index in [2.05, 4.69) is 15.5 Å². The lowest BCUT2D eigenvalue weighted by Crippen LogP contribution is -2.34. The van der Waals surface area contributed by atoms with Crippen molar-refractivity contribution in [3.05, 3.63) is 17.8 Å². The van der Waals surface area contributed by atoms with Crippen LogP contribution in [0.1, 0.15) is 26.0 Å². The number of nitrogens with zero attached hydrogens (tertiary/aromatic N) is 2. The van der Waals surface area contributed by atoms with Gasteiger partial charge in [-0.15, -0.1) is 5.10 Å². The number of anilines is 1. The molecule has 0 aliphatic carbocycles. The molecule has 82 valence electrons. The standard InChI is InChI=1S/C10H15N3O2/c1-7-4-5-8(13-12-7)11-10(2,3)6-9(14)15/h4-5H,6H2,1-3H3,(H,11,13)(H,14,15). The topological polar surface area (TPSA) is 75.1 Å². The first-order valence-corrected chi connectivity index (χ1v) is 4.69. The molecule has 0 fully saturated rings. The van der Waals surface area contributed by atoms with Gasteiger partial charge in [0.15, 0.2) is 0 Å². The fourth-order valence-corrected chi connectivity index (χ4v) is 1.23. The molecule has 5 heteroatoms. The van der Waals surface area contributed by atoms with Crippen LogP contribution in [-0.2, 0) is 4.79 Å². The summed E-state index contributed by atoms with van der Waals surface area (Å²) in [5, 5.41) is 19.5. The highest BCUT2D eigenvalue weighted by Crippen LogP contribution is 2.15. The molecular weight excluding hydrogens is 194 g/mol. The molecular formula is C10H15N3O2. The molecule has 0 saturated carbocycles. The third-order valence-electron chi connectivity index (χ3n) is 1.86. The number of hydrogen-bond acceptors (Lipinski definition) is 4. The molecule has 0 spiro atoms. The summed E-state index contributed by atoms with van der Waals surface area (Å²) in [6.45, 7) is 5.46. The van der Waals surface area contributed by atoms with Gasteiger partial charge in [0.05, 0.1) is 12.1 Å². The summed E-state index contributed by atoms with van der Waals surface area (Å²) < 4.78 is 0. The number of aryl methyl sites for hydroxylation is 1. The smallest absolute Gasteiger partial charge is 0.305 e. The minimum Gasteiger partial charge on any atom is -0.481 e. The van der Waals surface area contributed by atoms with Gasteiger partial charge in [0, 0.05) is 5.54 Å². The maximum Gasteiger partial charge on any atom is 0.305 e. The Morgan fingerprint density at radius 3 is 2.60 bits per heavy atom. The Morgan fingerprint density at radius 2 is 2.13 bits per heavy atom. The van der Waals surface area contributed by atoms with Crippen molar-refractivity contribution >= 4 is 11.8 Å². The lowest BCUT2D eigenvalue weighted by molar-refractivity contribution is -0.137. The fourth-order valence-electron chi connectivity index (χ4n) is 1.23. The zero-order chi connectivity index (χ0) is 11.5. The van der Waals surface area contributed by atoms with Gasteiger partial charge in [0.1, 0.15) is 5.82 Å². The van der Waals surface area contributed by atoms with E-state index in [0.29, 0.717) is 5.82 Å². The van der Waals surface area contributed by atoms with E-state index in [1.807, 2.05) is 26.8 Å². The van der Waals surface area contributed by atoms with Crippen molar-refractivity contribution in [3.8, 4) is 0 Å². The second-order valence-electron chi connectivity index (χ2n) is 4.14. The first-order chi connectivity index (χ1) is 6.89. The van der Waals surface area contributed by atoms with Crippen molar-refractivity contribution in [2.24, 2.45) is 0 Å². The monoisotopic (exact) mass is 209 g/mol. The van der Waals surface area contributed by atoms with Gasteiger partial charge in [-0.2, -0.15) is 5.10 Å². The lowest BCUT2D eigenvalue weighted by atomic mass is 10.0. The largest absolute Gasteiger partial charge is 0.481 e. The van der Waals surface area contributed by atoms with Crippen LogP contribution in [0.15, 0.2) is 12.1 Å². The Bertz CT molecular complexity index is 346. The molecule has 0 atom stereocenters. The summed E-state index contributed by atoms with van der Waals surface area (Å²) in [7, 11) is 0. The van der Waals surface area contributed by atoms with Gasteiger partial charge in [-0.1, -0.05) is 0 Å². The van der Waals surface area contributed by atoms with Crippen LogP contribution in [0.25, 0.3) is 0 Å². The van der Waals surface area contributed by atoms with Gasteiger partial charge >= 0.3 is 5.97 Å². The molecule has 0 aromatic carbocycles. The van der Waals surface area contributed by atoms with E-state index < -0.39 is 11.5 Å². The molecule has 0 bridgehead atoms. The van der Waals surface area contributed by atoms with Gasteiger partial charge in [0.25, 0.3) is 0 Å². The molecule has 0 aliphatic rings. The van der Waals surface area contributed by atoms with Crippen LogP contribution in [0.3, 0.4) is 0 Å². The zero-order valence-corrected chi connectivity index (χ0v) is 9.11. The SMILES string of the molecule is Cc1ccc(NC(C)(C)CC(=O)O)nn1. The van der Waals surface area contributed by atoms with Crippen molar-refractivity contribution in [2.75, 3.05) is 5.32 Å². The van der Waals surface area contributed by atoms with Crippen molar-refractivity contribution in [2.45, 2.75) is 32.7 Å². The van der Waals surface area contributed by atoms with Gasteiger partial charge in [-0.25, -0.2) is 0 Å². The molecule has 2 N–H and O–H groups in total. The lowest BCUT2D eigenvalue weighted by Gasteiger charge is -2.24. The van der Waals surface area contributed by atoms with E-state index in [0.717, 1.165) is 5.69 Å². The number of carbonyl (C=O) groups is 1. The van der Waals surface area contributed by atoms with E-state index in [1.165, 1.54) is 0 Å². The highest BCUT2D eigenvalue weighted by atomic mass is 16.4. The normalized spacial score (nSPS) is 11.1. The van der Waals surface area contributed by atoms with Crippen LogP contribution in [0, 0.1) is 6.92 Å². The van der Waals surface area contributed by atoms with Crippen LogP contribution in [-0.4, -0.2) is 26.8 Å². The third-order valence-corrected chi connectivity index (χ3v) is 1.86. The predicted octanol–water partition coefficient (Wildman–Crippen LogP) is 1.45. The number of aromatic nitrogens is 2. The molecule has 1 heterocycles. The Hall–Kier alpha value is -1.65. The fraction of sp³-hybridized carbons (Fsp3) is 0.500. The quantitative estimate of drug-likeness (QED) is 0.785. The summed E-state index contributed by atoms with van der Waals surface area (Å²) in [5.74, 6) is -0.251. The maximum absolute atomic E-state index is 10.6. The second kappa shape index (κ2) is 4.25. The molecule has 0 unspecified atom stereocenters. The second-order valence-corrected chi connectivity index (χ2v) is 4.14. The predicted molar refractivity (Wildman–Crippen MR) is 56.7 cm³/mol. The molecule has 0 radical (unpaired) electrons. The minimum atomic E-state index is -0.840. The number of aliphatic carboxylic acids is 1. The average molecular weight is 209 g/mol. The molecule has 15 heavy (non-hydrogen) atoms. The van der Waals surface area contributed by atoms with Crippen molar-refractivity contribution < 1.29 is 9.90 Å². The summed E-state index contributed by atoms with van der Waals surface area (Å²) >= 11 is 0. The van der Waals surface area contributed by atoms with Crippen LogP contribution in [0.4, 0.5) is 5.82 Å². The van der Waals surface area contributed by atoms with E-state index in [-0.39, 0.29) is 6.42 Å². The van der Waals surface area contributed by atoms with Crippen molar-refractivity contribution in [3.63, 3.8) is 0 Å². The molecule has 0 saturated heterocycles. The summed E-state index contributed by atoms with van der Waals surface area (Å²) in [5.41, 5.74) is 0.298. The number of nitrogens with one attached hydrogen (secondary N) is 1. The van der Waals surface area contributed by atoms with Gasteiger partial charge in [-0.05, 0) is 32.9 Å². The van der Waals surface area contributed by atoms with Crippen LogP contribution >= 0.6 is 0 Å². The molecule has 0 aliphatic heterocycles. The average Bonchev–Trinajstić information content (AvgIpc) is 2.06. The summed E-state index contributed by atoms with van der Waals surface area (Å²) in [4.78, 5) is 10.6. The molecule has 5 nitrogen and oxygen atoms in total. The van der Waals surface area contributed by atoms with E-state index in [9.17, 15) is 4.79 Å². The third kappa shape index (κ3) is 3.93. The maximum atomic E-state index is 10.6. The van der Waals surface area contributed by atoms with Crippen LogP contribution in [0.5, 0.6) is 0 Å². The number of carboxylic acids is 1. The van der Waals surface area contributed by atoms with Gasteiger partial charge in [0.2, 0.25) is 0 Å². The van der Waals surface area contributed by atoms with Gasteiger partial charge in [-0.3, -0.25) is 4.79 Å². The molecule has 1 aromatic heterocycles.